The van der Waals surface area contributed by atoms with Crippen molar-refractivity contribution in [2.24, 2.45) is 5.92 Å². The summed E-state index contributed by atoms with van der Waals surface area (Å²) >= 11 is 1.93. The Hall–Kier alpha value is -0.340. The van der Waals surface area contributed by atoms with Gasteiger partial charge in [0.1, 0.15) is 0 Å². The first-order chi connectivity index (χ1) is 7.27. The van der Waals surface area contributed by atoms with Crippen molar-refractivity contribution >= 4 is 11.3 Å². The number of nitrogens with one attached hydrogen (secondary N) is 1. The Morgan fingerprint density at radius 1 is 1.47 bits per heavy atom. The third-order valence-corrected chi connectivity index (χ3v) is 4.36. The molecule has 84 valence electrons. The molecular weight excluding hydrogens is 202 g/mol. The van der Waals surface area contributed by atoms with E-state index in [0.29, 0.717) is 6.04 Å². The minimum absolute atomic E-state index is 0.620. The van der Waals surface area contributed by atoms with Crippen LogP contribution in [0.4, 0.5) is 0 Å². The summed E-state index contributed by atoms with van der Waals surface area (Å²) in [5.41, 5.74) is 0. The van der Waals surface area contributed by atoms with Crippen LogP contribution in [0.15, 0.2) is 17.5 Å². The van der Waals surface area contributed by atoms with Crippen molar-refractivity contribution in [2.75, 3.05) is 6.54 Å². The van der Waals surface area contributed by atoms with Crippen molar-refractivity contribution in [1.29, 1.82) is 0 Å². The van der Waals surface area contributed by atoms with Crippen LogP contribution in [0, 0.1) is 5.92 Å². The number of thiophene rings is 1. The Morgan fingerprint density at radius 3 is 3.00 bits per heavy atom. The molecule has 1 aromatic rings. The predicted octanol–water partition coefficient (Wildman–Crippen LogP) is 3.63. The highest BCUT2D eigenvalue weighted by Crippen LogP contribution is 2.40. The Kier molecular flexibility index (Phi) is 3.81. The van der Waals surface area contributed by atoms with Gasteiger partial charge in [0.25, 0.3) is 0 Å². The van der Waals surface area contributed by atoms with Crippen LogP contribution in [0.2, 0.25) is 0 Å². The predicted molar refractivity (Wildman–Crippen MR) is 67.5 cm³/mol. The second kappa shape index (κ2) is 5.13. The summed E-state index contributed by atoms with van der Waals surface area (Å²) in [4.78, 5) is 1.60. The van der Waals surface area contributed by atoms with Gasteiger partial charge in [0.05, 0.1) is 0 Å². The largest absolute Gasteiger partial charge is 0.314 e. The van der Waals surface area contributed by atoms with Gasteiger partial charge in [-0.05, 0) is 42.7 Å². The lowest BCUT2D eigenvalue weighted by atomic mass is 9.94. The fourth-order valence-electron chi connectivity index (χ4n) is 2.55. The summed E-state index contributed by atoms with van der Waals surface area (Å²) in [6.45, 7) is 5.66. The van der Waals surface area contributed by atoms with Gasteiger partial charge in [-0.25, -0.2) is 0 Å². The first kappa shape index (κ1) is 11.2. The van der Waals surface area contributed by atoms with Crippen molar-refractivity contribution in [3.05, 3.63) is 22.4 Å². The lowest BCUT2D eigenvalue weighted by molar-refractivity contribution is 0.426. The Balaban J connectivity index is 1.93. The van der Waals surface area contributed by atoms with Crippen LogP contribution < -0.4 is 5.32 Å². The zero-order valence-corrected chi connectivity index (χ0v) is 10.5. The zero-order valence-electron chi connectivity index (χ0n) is 9.70. The van der Waals surface area contributed by atoms with Crippen molar-refractivity contribution in [1.82, 2.24) is 5.32 Å². The van der Waals surface area contributed by atoms with Crippen molar-refractivity contribution in [2.45, 2.75) is 45.1 Å². The Morgan fingerprint density at radius 2 is 2.33 bits per heavy atom. The molecule has 1 nitrogen and oxygen atoms in total. The summed E-state index contributed by atoms with van der Waals surface area (Å²) < 4.78 is 0. The second-order valence-corrected chi connectivity index (χ2v) is 5.86. The number of rotatable bonds is 4. The van der Waals surface area contributed by atoms with Crippen LogP contribution >= 0.6 is 11.3 Å². The van der Waals surface area contributed by atoms with Gasteiger partial charge < -0.3 is 5.32 Å². The standard InChI is InChI=1S/C13H21NS/c1-10(2)14-9-11-5-3-6-12(11)13-7-4-8-15-13/h4,7-8,10-12,14H,3,5-6,9H2,1-2H3. The van der Waals surface area contributed by atoms with Gasteiger partial charge in [0.2, 0.25) is 0 Å². The van der Waals surface area contributed by atoms with Crippen molar-refractivity contribution in [3.63, 3.8) is 0 Å². The van der Waals surface area contributed by atoms with E-state index in [2.05, 4.69) is 36.7 Å². The third-order valence-electron chi connectivity index (χ3n) is 3.36. The number of hydrogen-bond acceptors (Lipinski definition) is 2. The molecule has 0 saturated heterocycles. The molecule has 1 aliphatic carbocycles. The van der Waals surface area contributed by atoms with Gasteiger partial charge in [-0.15, -0.1) is 11.3 Å². The summed E-state index contributed by atoms with van der Waals surface area (Å²) in [5.74, 6) is 1.70. The minimum Gasteiger partial charge on any atom is -0.314 e. The summed E-state index contributed by atoms with van der Waals surface area (Å²) in [5, 5.41) is 5.79. The van der Waals surface area contributed by atoms with Gasteiger partial charge in [-0.3, -0.25) is 0 Å². The molecule has 15 heavy (non-hydrogen) atoms. The third kappa shape index (κ3) is 2.82. The van der Waals surface area contributed by atoms with E-state index in [0.717, 1.165) is 11.8 Å². The van der Waals surface area contributed by atoms with E-state index in [-0.39, 0.29) is 0 Å². The molecule has 1 saturated carbocycles. The molecule has 1 aliphatic rings. The molecule has 0 amide bonds. The Bertz CT molecular complexity index is 279. The van der Waals surface area contributed by atoms with E-state index in [1.165, 1.54) is 25.8 Å². The lowest BCUT2D eigenvalue weighted by Crippen LogP contribution is -2.29. The normalized spacial score (nSPS) is 26.3. The van der Waals surface area contributed by atoms with Crippen LogP contribution in [0.1, 0.15) is 43.9 Å². The summed E-state index contributed by atoms with van der Waals surface area (Å²) in [7, 11) is 0. The first-order valence-corrected chi connectivity index (χ1v) is 6.92. The quantitative estimate of drug-likeness (QED) is 0.822. The lowest BCUT2D eigenvalue weighted by Gasteiger charge is -2.20. The maximum atomic E-state index is 3.58. The van der Waals surface area contributed by atoms with E-state index in [9.17, 15) is 0 Å². The molecule has 0 radical (unpaired) electrons. The van der Waals surface area contributed by atoms with Crippen LogP contribution in [0.5, 0.6) is 0 Å². The van der Waals surface area contributed by atoms with Gasteiger partial charge >= 0.3 is 0 Å². The van der Waals surface area contributed by atoms with Crippen LogP contribution in [0.25, 0.3) is 0 Å². The molecule has 1 heterocycles. The summed E-state index contributed by atoms with van der Waals surface area (Å²) in [6, 6.07) is 5.11. The van der Waals surface area contributed by atoms with E-state index in [4.69, 9.17) is 0 Å². The molecule has 0 aromatic carbocycles. The van der Waals surface area contributed by atoms with Gasteiger partial charge in [0, 0.05) is 10.9 Å². The molecule has 0 bridgehead atoms. The molecule has 2 rings (SSSR count). The van der Waals surface area contributed by atoms with E-state index < -0.39 is 0 Å². The molecule has 2 heteroatoms. The maximum absolute atomic E-state index is 3.58. The molecular formula is C13H21NS. The topological polar surface area (TPSA) is 12.0 Å². The van der Waals surface area contributed by atoms with Crippen LogP contribution in [-0.2, 0) is 0 Å². The zero-order chi connectivity index (χ0) is 10.7. The van der Waals surface area contributed by atoms with E-state index in [1.54, 1.807) is 4.88 Å². The monoisotopic (exact) mass is 223 g/mol. The summed E-state index contributed by atoms with van der Waals surface area (Å²) in [6.07, 6.45) is 4.21. The van der Waals surface area contributed by atoms with Crippen LogP contribution in [0.3, 0.4) is 0 Å². The van der Waals surface area contributed by atoms with Crippen LogP contribution in [-0.4, -0.2) is 12.6 Å². The van der Waals surface area contributed by atoms with Gasteiger partial charge in [0.15, 0.2) is 0 Å². The molecule has 2 unspecified atom stereocenters. The average Bonchev–Trinajstić information content (AvgIpc) is 2.85. The molecule has 1 N–H and O–H groups in total. The fourth-order valence-corrected chi connectivity index (χ4v) is 3.50. The minimum atomic E-state index is 0.620. The average molecular weight is 223 g/mol. The molecule has 1 aromatic heterocycles. The molecule has 1 fully saturated rings. The number of hydrogen-bond donors (Lipinski definition) is 1. The first-order valence-electron chi connectivity index (χ1n) is 6.04. The second-order valence-electron chi connectivity index (χ2n) is 4.88. The van der Waals surface area contributed by atoms with Crippen molar-refractivity contribution < 1.29 is 0 Å². The molecule has 0 spiro atoms. The van der Waals surface area contributed by atoms with Gasteiger partial charge in [-0.2, -0.15) is 0 Å². The van der Waals surface area contributed by atoms with E-state index in [1.807, 2.05) is 11.3 Å². The fraction of sp³-hybridized carbons (Fsp3) is 0.692. The highest BCUT2D eigenvalue weighted by molar-refractivity contribution is 7.10. The van der Waals surface area contributed by atoms with Gasteiger partial charge in [-0.1, -0.05) is 26.3 Å². The Labute approximate surface area is 96.9 Å². The molecule has 2 atom stereocenters. The maximum Gasteiger partial charge on any atom is 0.00794 e. The highest BCUT2D eigenvalue weighted by Gasteiger charge is 2.28. The highest BCUT2D eigenvalue weighted by atomic mass is 32.1. The smallest absolute Gasteiger partial charge is 0.00794 e. The molecule has 0 aliphatic heterocycles. The van der Waals surface area contributed by atoms with E-state index >= 15 is 0 Å². The van der Waals surface area contributed by atoms with Crippen molar-refractivity contribution in [3.8, 4) is 0 Å². The SMILES string of the molecule is CC(C)NCC1CCCC1c1cccs1.